The molecule has 0 unspecified atom stereocenters. The van der Waals surface area contributed by atoms with Gasteiger partial charge in [-0.05, 0) is 169 Å². The van der Waals surface area contributed by atoms with Gasteiger partial charge in [0.2, 0.25) is 0 Å². The van der Waals surface area contributed by atoms with Gasteiger partial charge in [0, 0.05) is 99.1 Å². The Morgan fingerprint density at radius 2 is 0.439 bits per heavy atom. The number of fused-ring (bicyclic) bond motifs is 26. The summed E-state index contributed by atoms with van der Waals surface area (Å²) in [6.07, 6.45) is 0. The lowest BCUT2D eigenvalue weighted by Gasteiger charge is -2.30. The summed E-state index contributed by atoms with van der Waals surface area (Å²) in [5, 5.41) is 21.5. The maximum Gasteiger partial charge on any atom is 0.136 e. The second kappa shape index (κ2) is 19.8. The van der Waals surface area contributed by atoms with E-state index in [9.17, 15) is 0 Å². The van der Waals surface area contributed by atoms with E-state index in [0.717, 1.165) is 135 Å². The molecule has 6 aliphatic heterocycles. The van der Waals surface area contributed by atoms with E-state index in [1.807, 2.05) is 24.3 Å². The standard InChI is InChI=1S/2C31H18O2.C30H16O2/c1-17-10-12-23-22(16-17)27-20-8-4-5-9-21(20)29-28-19-7-3-2-6-18(19)11-13-24(28)33-26-15-14-25(32-23)30(27)31(26)29;1-17-10-11-24-22(14-17)28-20-8-4-5-9-21(20)29-23-15-18-6-2-3-7-19(18)16-27(23)33-26-13-12-25(32-24)30(28)31(26)29;1-2-8-18-17(7-1)13-14-23-27(18)28-20-10-4-3-9-19(20)26-21-11-5-6-12-22(21)31-24-15-16-25(32-23)30(28)29(24)26/h2*2-16H,1H3;1-16H. The van der Waals surface area contributed by atoms with Crippen LogP contribution in [0.25, 0.3) is 164 Å². The predicted molar refractivity (Wildman–Crippen MR) is 399 cm³/mol. The minimum absolute atomic E-state index is 0.886. The number of para-hydroxylation sites is 1. The van der Waals surface area contributed by atoms with Gasteiger partial charge in [0.25, 0.3) is 0 Å². The van der Waals surface area contributed by atoms with E-state index in [4.69, 9.17) is 28.4 Å². The quantitative estimate of drug-likeness (QED) is 0.141. The highest BCUT2D eigenvalue weighted by Gasteiger charge is 2.36. The molecule has 18 aromatic rings. The molecular formula is C92H52O6. The fraction of sp³-hybridized carbons (Fsp3) is 0.0217. The summed E-state index contributed by atoms with van der Waals surface area (Å²) in [4.78, 5) is 0. The van der Waals surface area contributed by atoms with Crippen molar-refractivity contribution in [3.05, 3.63) is 290 Å². The van der Waals surface area contributed by atoms with E-state index in [1.165, 1.54) is 109 Å². The van der Waals surface area contributed by atoms with Gasteiger partial charge >= 0.3 is 0 Å². The molecule has 0 N–H and O–H groups in total. The van der Waals surface area contributed by atoms with Crippen molar-refractivity contribution in [2.24, 2.45) is 0 Å². The minimum atomic E-state index is 0.886. The van der Waals surface area contributed by atoms with Crippen molar-refractivity contribution >= 4 is 97.0 Å². The van der Waals surface area contributed by atoms with Crippen LogP contribution < -0.4 is 28.4 Å². The van der Waals surface area contributed by atoms with Gasteiger partial charge in [0.15, 0.2) is 0 Å². The molecule has 0 fully saturated rings. The van der Waals surface area contributed by atoms with Crippen LogP contribution in [0.15, 0.2) is 279 Å². The van der Waals surface area contributed by atoms with Crippen LogP contribution in [0, 0.1) is 13.8 Å². The van der Waals surface area contributed by atoms with Crippen molar-refractivity contribution in [1.29, 1.82) is 0 Å². The highest BCUT2D eigenvalue weighted by molar-refractivity contribution is 6.31. The molecule has 0 amide bonds. The number of hydrogen-bond donors (Lipinski definition) is 0. The number of aryl methyl sites for hydroxylation is 2. The average Bonchev–Trinajstić information content (AvgIpc) is 0.707. The highest BCUT2D eigenvalue weighted by Crippen LogP contribution is 2.63. The van der Waals surface area contributed by atoms with Crippen LogP contribution in [0.1, 0.15) is 11.1 Å². The molecule has 6 heteroatoms. The average molecular weight is 1250 g/mol. The molecule has 0 saturated heterocycles. The maximum absolute atomic E-state index is 6.54. The summed E-state index contributed by atoms with van der Waals surface area (Å²) in [7, 11) is 0. The second-order valence-electron chi connectivity index (χ2n) is 26.4. The van der Waals surface area contributed by atoms with E-state index in [-0.39, 0.29) is 0 Å². The van der Waals surface area contributed by atoms with Gasteiger partial charge in [-0.25, -0.2) is 0 Å². The molecule has 0 atom stereocenters. The maximum atomic E-state index is 6.54. The molecule has 6 heterocycles. The molecule has 18 aromatic carbocycles. The zero-order valence-corrected chi connectivity index (χ0v) is 53.0. The van der Waals surface area contributed by atoms with Crippen LogP contribution in [0.4, 0.5) is 0 Å². The second-order valence-corrected chi connectivity index (χ2v) is 26.4. The topological polar surface area (TPSA) is 55.4 Å². The lowest BCUT2D eigenvalue weighted by atomic mass is 9.81. The van der Waals surface area contributed by atoms with Gasteiger partial charge < -0.3 is 28.4 Å². The van der Waals surface area contributed by atoms with Gasteiger partial charge in [0.05, 0.1) is 0 Å². The first-order chi connectivity index (χ1) is 48.4. The SMILES string of the molecule is Cc1ccc2c(c1)-c1c3ccccc3c3c4c(ccc(c14)O2)Oc1cc2ccccc2cc1-3.Cc1ccc2c(c1)-c1c3ccccc3c3c4c(ccc(c14)O2)Oc1ccc2ccccc2c1-3.c1ccc2c(c1)Oc1ccc3c4c(c5ccccc5c-2c14)-c1c(ccc2ccccc12)O3. The summed E-state index contributed by atoms with van der Waals surface area (Å²) >= 11 is 0. The number of ether oxygens (including phenoxy) is 6. The van der Waals surface area contributed by atoms with Gasteiger partial charge in [-0.15, -0.1) is 0 Å². The molecule has 0 spiro atoms. The normalized spacial score (nSPS) is 12.9. The van der Waals surface area contributed by atoms with Crippen LogP contribution >= 0.6 is 0 Å². The lowest BCUT2D eigenvalue weighted by Crippen LogP contribution is -2.04. The van der Waals surface area contributed by atoms with Gasteiger partial charge in [-0.2, -0.15) is 0 Å². The van der Waals surface area contributed by atoms with Crippen LogP contribution in [0.2, 0.25) is 0 Å². The van der Waals surface area contributed by atoms with Crippen LogP contribution in [0.5, 0.6) is 69.0 Å². The van der Waals surface area contributed by atoms with E-state index in [0.29, 0.717) is 0 Å². The molecule has 24 rings (SSSR count). The first-order valence-electron chi connectivity index (χ1n) is 33.4. The molecule has 0 aliphatic carbocycles. The van der Waals surface area contributed by atoms with Gasteiger partial charge in [-0.3, -0.25) is 0 Å². The fourth-order valence-corrected chi connectivity index (χ4v) is 16.9. The molecule has 0 bridgehead atoms. The monoisotopic (exact) mass is 1250 g/mol. The van der Waals surface area contributed by atoms with Crippen LogP contribution in [0.3, 0.4) is 0 Å². The van der Waals surface area contributed by atoms with E-state index in [2.05, 4.69) is 269 Å². The number of hydrogen-bond acceptors (Lipinski definition) is 6. The Balaban J connectivity index is 0.0000000943. The molecule has 0 aromatic heterocycles. The Kier molecular flexibility index (Phi) is 10.8. The van der Waals surface area contributed by atoms with Crippen molar-refractivity contribution < 1.29 is 28.4 Å². The predicted octanol–water partition coefficient (Wildman–Crippen LogP) is 26.7. The highest BCUT2D eigenvalue weighted by atomic mass is 16.5. The summed E-state index contributed by atoms with van der Waals surface area (Å²) in [6.45, 7) is 4.27. The Morgan fingerprint density at radius 3 is 0.867 bits per heavy atom. The van der Waals surface area contributed by atoms with Crippen molar-refractivity contribution in [3.63, 3.8) is 0 Å². The molecule has 6 aliphatic rings. The molecule has 6 nitrogen and oxygen atoms in total. The number of benzene rings is 18. The third-order valence-electron chi connectivity index (χ3n) is 21.0. The van der Waals surface area contributed by atoms with Crippen molar-refractivity contribution in [2.75, 3.05) is 0 Å². The Bertz CT molecular complexity index is 6710. The summed E-state index contributed by atoms with van der Waals surface area (Å²) in [5.74, 6) is 10.7. The molecule has 0 radical (unpaired) electrons. The fourth-order valence-electron chi connectivity index (χ4n) is 16.9. The zero-order valence-electron chi connectivity index (χ0n) is 53.0. The lowest BCUT2D eigenvalue weighted by molar-refractivity contribution is 0.476. The zero-order chi connectivity index (χ0) is 64.2. The van der Waals surface area contributed by atoms with E-state index in [1.54, 1.807) is 0 Å². The van der Waals surface area contributed by atoms with Crippen molar-refractivity contribution in [1.82, 2.24) is 0 Å². The molecule has 456 valence electrons. The number of rotatable bonds is 0. The molecule has 0 saturated carbocycles. The van der Waals surface area contributed by atoms with Crippen molar-refractivity contribution in [3.8, 4) is 136 Å². The Labute approximate surface area is 561 Å². The van der Waals surface area contributed by atoms with Crippen LogP contribution in [-0.4, -0.2) is 0 Å². The van der Waals surface area contributed by atoms with Crippen molar-refractivity contribution in [2.45, 2.75) is 13.8 Å². The largest absolute Gasteiger partial charge is 0.456 e. The first kappa shape index (κ1) is 53.5. The Hall–Kier alpha value is -12.9. The first-order valence-corrected chi connectivity index (χ1v) is 33.4. The van der Waals surface area contributed by atoms with Crippen LogP contribution in [-0.2, 0) is 0 Å². The summed E-state index contributed by atoms with van der Waals surface area (Å²) in [6, 6.07) is 98.2. The molecule has 98 heavy (non-hydrogen) atoms. The third-order valence-corrected chi connectivity index (χ3v) is 21.0. The van der Waals surface area contributed by atoms with Gasteiger partial charge in [0.1, 0.15) is 69.0 Å². The van der Waals surface area contributed by atoms with E-state index >= 15 is 0 Å². The van der Waals surface area contributed by atoms with E-state index < -0.39 is 0 Å². The minimum Gasteiger partial charge on any atom is -0.456 e. The smallest absolute Gasteiger partial charge is 0.136 e. The van der Waals surface area contributed by atoms with Gasteiger partial charge in [-0.1, -0.05) is 199 Å². The third kappa shape index (κ3) is 7.40. The summed E-state index contributed by atoms with van der Waals surface area (Å²) < 4.78 is 38.9. The summed E-state index contributed by atoms with van der Waals surface area (Å²) in [5.41, 5.74) is 16.7. The Morgan fingerprint density at radius 1 is 0.163 bits per heavy atom. The molecular weight excluding hydrogens is 1200 g/mol.